The first kappa shape index (κ1) is 28.3. The van der Waals surface area contributed by atoms with E-state index in [-0.39, 0.29) is 18.2 Å². The van der Waals surface area contributed by atoms with Crippen LogP contribution < -0.4 is 10.1 Å². The SMILES string of the molecule is CCCCCOc1ccccc1[C@H]1CC[C@@H](OCC2C(NC(=O)OC(C)(C)C)CCCN2C=O)CC1. The number of rotatable bonds is 11. The summed E-state index contributed by atoms with van der Waals surface area (Å²) in [5.41, 5.74) is 0.751. The quantitative estimate of drug-likeness (QED) is 0.305. The molecule has 2 unspecified atom stereocenters. The van der Waals surface area contributed by atoms with Crippen molar-refractivity contribution in [3.8, 4) is 5.75 Å². The number of hydrogen-bond acceptors (Lipinski definition) is 5. The van der Waals surface area contributed by atoms with Crippen molar-refractivity contribution < 1.29 is 23.8 Å². The van der Waals surface area contributed by atoms with E-state index in [4.69, 9.17) is 14.2 Å². The van der Waals surface area contributed by atoms with Crippen LogP contribution in [0.1, 0.15) is 97.0 Å². The van der Waals surface area contributed by atoms with Gasteiger partial charge >= 0.3 is 6.09 Å². The molecule has 202 valence electrons. The maximum Gasteiger partial charge on any atom is 0.407 e. The van der Waals surface area contributed by atoms with Crippen LogP contribution in [0.4, 0.5) is 4.79 Å². The molecule has 1 aliphatic heterocycles. The number of piperidine rings is 1. The highest BCUT2D eigenvalue weighted by molar-refractivity contribution is 5.68. The third kappa shape index (κ3) is 8.68. The molecule has 1 saturated heterocycles. The minimum Gasteiger partial charge on any atom is -0.493 e. The summed E-state index contributed by atoms with van der Waals surface area (Å²) in [5.74, 6) is 1.51. The fourth-order valence-corrected chi connectivity index (χ4v) is 5.31. The second-order valence-corrected chi connectivity index (χ2v) is 11.2. The molecule has 7 nitrogen and oxygen atoms in total. The Morgan fingerprint density at radius 2 is 1.86 bits per heavy atom. The van der Waals surface area contributed by atoms with Crippen LogP contribution in [-0.4, -0.2) is 61.0 Å². The van der Waals surface area contributed by atoms with E-state index in [1.165, 1.54) is 18.4 Å². The molecule has 1 aromatic carbocycles. The molecular formula is C29H46N2O5. The molecule has 0 aromatic heterocycles. The normalized spacial score (nSPS) is 24.7. The van der Waals surface area contributed by atoms with Gasteiger partial charge in [0.05, 0.1) is 31.4 Å². The molecule has 3 rings (SSSR count). The Morgan fingerprint density at radius 3 is 2.56 bits per heavy atom. The van der Waals surface area contributed by atoms with Crippen molar-refractivity contribution in [2.45, 2.75) is 115 Å². The van der Waals surface area contributed by atoms with Crippen molar-refractivity contribution >= 4 is 12.5 Å². The molecule has 1 saturated carbocycles. The number of benzene rings is 1. The second-order valence-electron chi connectivity index (χ2n) is 11.2. The van der Waals surface area contributed by atoms with Crippen LogP contribution in [-0.2, 0) is 14.3 Å². The van der Waals surface area contributed by atoms with Crippen LogP contribution in [0.2, 0.25) is 0 Å². The highest BCUT2D eigenvalue weighted by Crippen LogP contribution is 2.38. The number of unbranched alkanes of at least 4 members (excludes halogenated alkanes) is 2. The van der Waals surface area contributed by atoms with Crippen LogP contribution in [0, 0.1) is 0 Å². The van der Waals surface area contributed by atoms with Crippen molar-refractivity contribution in [3.63, 3.8) is 0 Å². The lowest BCUT2D eigenvalue weighted by atomic mass is 9.82. The maximum atomic E-state index is 12.4. The Morgan fingerprint density at radius 1 is 1.11 bits per heavy atom. The third-order valence-corrected chi connectivity index (χ3v) is 7.20. The van der Waals surface area contributed by atoms with E-state index < -0.39 is 11.7 Å². The fraction of sp³-hybridized carbons (Fsp3) is 0.724. The number of likely N-dealkylation sites (tertiary alicyclic amines) is 1. The van der Waals surface area contributed by atoms with Crippen molar-refractivity contribution in [2.24, 2.45) is 0 Å². The van der Waals surface area contributed by atoms with Gasteiger partial charge < -0.3 is 24.4 Å². The van der Waals surface area contributed by atoms with Gasteiger partial charge in [-0.1, -0.05) is 38.0 Å². The average Bonchev–Trinajstić information content (AvgIpc) is 2.85. The molecule has 1 aliphatic carbocycles. The van der Waals surface area contributed by atoms with Gasteiger partial charge in [-0.3, -0.25) is 4.79 Å². The van der Waals surface area contributed by atoms with Crippen LogP contribution in [0.15, 0.2) is 24.3 Å². The summed E-state index contributed by atoms with van der Waals surface area (Å²) in [5, 5.41) is 2.98. The lowest BCUT2D eigenvalue weighted by Gasteiger charge is -2.40. The van der Waals surface area contributed by atoms with Gasteiger partial charge in [0.1, 0.15) is 11.4 Å². The summed E-state index contributed by atoms with van der Waals surface area (Å²) >= 11 is 0. The first-order valence-electron chi connectivity index (χ1n) is 13.8. The van der Waals surface area contributed by atoms with Gasteiger partial charge in [-0.15, -0.1) is 0 Å². The zero-order chi connectivity index (χ0) is 26.0. The van der Waals surface area contributed by atoms with E-state index in [0.29, 0.717) is 19.1 Å². The molecule has 0 spiro atoms. The van der Waals surface area contributed by atoms with Gasteiger partial charge in [0.25, 0.3) is 0 Å². The third-order valence-electron chi connectivity index (χ3n) is 7.20. The van der Waals surface area contributed by atoms with Gasteiger partial charge in [-0.25, -0.2) is 4.79 Å². The highest BCUT2D eigenvalue weighted by Gasteiger charge is 2.34. The lowest BCUT2D eigenvalue weighted by molar-refractivity contribution is -0.125. The number of nitrogens with one attached hydrogen (secondary N) is 1. The van der Waals surface area contributed by atoms with Crippen molar-refractivity contribution in [2.75, 3.05) is 19.8 Å². The predicted molar refractivity (Wildman–Crippen MR) is 141 cm³/mol. The highest BCUT2D eigenvalue weighted by atomic mass is 16.6. The predicted octanol–water partition coefficient (Wildman–Crippen LogP) is 5.81. The molecule has 2 fully saturated rings. The Balaban J connectivity index is 1.51. The Hall–Kier alpha value is -2.28. The smallest absolute Gasteiger partial charge is 0.407 e. The van der Waals surface area contributed by atoms with E-state index in [1.54, 1.807) is 4.90 Å². The van der Waals surface area contributed by atoms with Crippen molar-refractivity contribution in [1.82, 2.24) is 10.2 Å². The Kier molecular flexibility index (Phi) is 10.9. The standard InChI is InChI=1S/C29H46N2O5/c1-5-6-9-19-34-27-13-8-7-11-24(27)22-14-16-23(17-15-22)35-20-26-25(12-10-18-31(26)21-32)30-28(33)36-29(2,3)4/h7-8,11,13,21-23,25-26H,5-6,9-10,12,14-20H2,1-4H3,(H,30,33)/t22-,23+,25?,26?. The second kappa shape index (κ2) is 13.9. The summed E-state index contributed by atoms with van der Waals surface area (Å²) in [7, 11) is 0. The van der Waals surface area contributed by atoms with E-state index in [1.807, 2.05) is 20.8 Å². The van der Waals surface area contributed by atoms with Gasteiger partial charge in [0, 0.05) is 6.54 Å². The average molecular weight is 503 g/mol. The monoisotopic (exact) mass is 502 g/mol. The number of carbonyl (C=O) groups excluding carboxylic acids is 2. The molecule has 1 heterocycles. The molecule has 2 aliphatic rings. The summed E-state index contributed by atoms with van der Waals surface area (Å²) in [6.07, 6.45) is 9.81. The lowest BCUT2D eigenvalue weighted by Crippen LogP contribution is -2.57. The first-order chi connectivity index (χ1) is 17.3. The number of amides is 2. The van der Waals surface area contributed by atoms with E-state index in [2.05, 4.69) is 36.5 Å². The zero-order valence-electron chi connectivity index (χ0n) is 22.7. The van der Waals surface area contributed by atoms with Gasteiger partial charge in [0.2, 0.25) is 6.41 Å². The minimum atomic E-state index is -0.563. The minimum absolute atomic E-state index is 0.163. The van der Waals surface area contributed by atoms with Crippen LogP contribution in [0.5, 0.6) is 5.75 Å². The summed E-state index contributed by atoms with van der Waals surface area (Å²) in [4.78, 5) is 25.9. The number of nitrogens with zero attached hydrogens (tertiary/aromatic N) is 1. The van der Waals surface area contributed by atoms with E-state index in [9.17, 15) is 9.59 Å². The van der Waals surface area contributed by atoms with Crippen molar-refractivity contribution in [3.05, 3.63) is 29.8 Å². The zero-order valence-corrected chi connectivity index (χ0v) is 22.7. The maximum absolute atomic E-state index is 12.4. The molecule has 2 amide bonds. The van der Waals surface area contributed by atoms with Gasteiger partial charge in [-0.05, 0) is 83.3 Å². The molecule has 1 aromatic rings. The molecule has 0 bridgehead atoms. The van der Waals surface area contributed by atoms with Crippen LogP contribution in [0.25, 0.3) is 0 Å². The Bertz CT molecular complexity index is 816. The molecular weight excluding hydrogens is 456 g/mol. The summed E-state index contributed by atoms with van der Waals surface area (Å²) < 4.78 is 17.9. The number of para-hydroxylation sites is 1. The van der Waals surface area contributed by atoms with Crippen molar-refractivity contribution in [1.29, 1.82) is 0 Å². The molecule has 36 heavy (non-hydrogen) atoms. The summed E-state index contributed by atoms with van der Waals surface area (Å²) in [6.45, 7) is 9.63. The molecule has 2 atom stereocenters. The van der Waals surface area contributed by atoms with Crippen LogP contribution in [0.3, 0.4) is 0 Å². The largest absolute Gasteiger partial charge is 0.493 e. The molecule has 1 N–H and O–H groups in total. The molecule has 0 radical (unpaired) electrons. The summed E-state index contributed by atoms with van der Waals surface area (Å²) in [6, 6.07) is 8.10. The number of ether oxygens (including phenoxy) is 3. The number of hydrogen-bond donors (Lipinski definition) is 1. The first-order valence-corrected chi connectivity index (χ1v) is 13.8. The number of alkyl carbamates (subject to hydrolysis) is 1. The van der Waals surface area contributed by atoms with Gasteiger partial charge in [0.15, 0.2) is 0 Å². The van der Waals surface area contributed by atoms with E-state index >= 15 is 0 Å². The molecule has 7 heteroatoms. The number of carbonyl (C=O) groups is 2. The van der Waals surface area contributed by atoms with E-state index in [0.717, 1.165) is 63.7 Å². The van der Waals surface area contributed by atoms with Crippen LogP contribution >= 0.6 is 0 Å². The van der Waals surface area contributed by atoms with Gasteiger partial charge in [-0.2, -0.15) is 0 Å². The Labute approximate surface area is 217 Å². The fourth-order valence-electron chi connectivity index (χ4n) is 5.31. The topological polar surface area (TPSA) is 77.1 Å².